The molecule has 5 nitrogen and oxygen atoms in total. The Balaban J connectivity index is 1.98. The molecule has 0 fully saturated rings. The van der Waals surface area contributed by atoms with Gasteiger partial charge >= 0.3 is 5.97 Å². The second kappa shape index (κ2) is 8.77. The maximum Gasteiger partial charge on any atom is 0.336 e. The van der Waals surface area contributed by atoms with E-state index in [2.05, 4.69) is 34.5 Å². The molecule has 32 heavy (non-hydrogen) atoms. The van der Waals surface area contributed by atoms with Gasteiger partial charge in [-0.2, -0.15) is 0 Å². The summed E-state index contributed by atoms with van der Waals surface area (Å²) in [7, 11) is 4.08. The lowest BCUT2D eigenvalue weighted by atomic mass is 9.99. The van der Waals surface area contributed by atoms with Crippen LogP contribution < -0.4 is 0 Å². The average Bonchev–Trinajstić information content (AvgIpc) is 3.13. The fourth-order valence-corrected chi connectivity index (χ4v) is 4.61. The van der Waals surface area contributed by atoms with Crippen molar-refractivity contribution in [3.8, 4) is 22.3 Å². The summed E-state index contributed by atoms with van der Waals surface area (Å²) in [4.78, 5) is 18.7. The molecule has 0 aliphatic heterocycles. The molecule has 0 amide bonds. The lowest BCUT2D eigenvalue weighted by Gasteiger charge is -2.30. The number of hydrogen-bond acceptors (Lipinski definition) is 3. The van der Waals surface area contributed by atoms with Crippen molar-refractivity contribution in [3.05, 3.63) is 77.7 Å². The number of hydrogen-bond donors (Lipinski definition) is 1. The van der Waals surface area contributed by atoms with E-state index in [4.69, 9.17) is 11.6 Å². The van der Waals surface area contributed by atoms with Crippen molar-refractivity contribution in [3.63, 3.8) is 0 Å². The highest BCUT2D eigenvalue weighted by Crippen LogP contribution is 2.38. The lowest BCUT2D eigenvalue weighted by Crippen LogP contribution is -2.29. The maximum absolute atomic E-state index is 12.1. The van der Waals surface area contributed by atoms with Gasteiger partial charge in [0.25, 0.3) is 0 Å². The summed E-state index contributed by atoms with van der Waals surface area (Å²) in [5.74, 6) is -0.622. The molecule has 1 atom stereocenters. The van der Waals surface area contributed by atoms with Crippen LogP contribution in [0.5, 0.6) is 0 Å². The van der Waals surface area contributed by atoms with E-state index in [-0.39, 0.29) is 11.7 Å². The van der Waals surface area contributed by atoms with Crippen molar-refractivity contribution in [2.75, 3.05) is 14.1 Å². The molecule has 0 saturated carbocycles. The van der Waals surface area contributed by atoms with Crippen molar-refractivity contribution in [2.24, 2.45) is 5.92 Å². The van der Waals surface area contributed by atoms with Gasteiger partial charge in [0.15, 0.2) is 0 Å². The smallest absolute Gasteiger partial charge is 0.336 e. The molecule has 4 aromatic rings. The summed E-state index contributed by atoms with van der Waals surface area (Å²) in [6.07, 6.45) is 5.73. The van der Waals surface area contributed by atoms with Crippen LogP contribution in [0.25, 0.3) is 33.2 Å². The first kappa shape index (κ1) is 22.1. The van der Waals surface area contributed by atoms with Gasteiger partial charge in [-0.3, -0.25) is 9.88 Å². The fourth-order valence-electron chi connectivity index (χ4n) is 4.48. The molecule has 0 bridgehead atoms. The van der Waals surface area contributed by atoms with E-state index in [1.54, 1.807) is 18.5 Å². The van der Waals surface area contributed by atoms with Gasteiger partial charge in [-0.1, -0.05) is 43.6 Å². The van der Waals surface area contributed by atoms with E-state index in [0.717, 1.165) is 33.2 Å². The Bertz CT molecular complexity index is 1270. The van der Waals surface area contributed by atoms with Crippen molar-refractivity contribution >= 4 is 28.5 Å². The molecule has 0 aliphatic carbocycles. The van der Waals surface area contributed by atoms with Crippen molar-refractivity contribution in [1.82, 2.24) is 14.5 Å². The van der Waals surface area contributed by atoms with Gasteiger partial charge in [0.2, 0.25) is 0 Å². The quantitative estimate of drug-likeness (QED) is 0.369. The summed E-state index contributed by atoms with van der Waals surface area (Å²) in [5, 5.41) is 11.3. The van der Waals surface area contributed by atoms with Gasteiger partial charge in [0.1, 0.15) is 0 Å². The molecule has 0 saturated heterocycles. The predicted octanol–water partition coefficient (Wildman–Crippen LogP) is 6.44. The third-order valence-corrected chi connectivity index (χ3v) is 5.98. The van der Waals surface area contributed by atoms with E-state index < -0.39 is 5.97 Å². The van der Waals surface area contributed by atoms with Crippen molar-refractivity contribution in [2.45, 2.75) is 20.0 Å². The van der Waals surface area contributed by atoms with Crippen LogP contribution >= 0.6 is 11.6 Å². The molecule has 164 valence electrons. The second-order valence-corrected chi connectivity index (χ2v) is 8.98. The molecule has 2 heterocycles. The molecule has 1 N–H and O–H groups in total. The minimum absolute atomic E-state index is 0.0719. The standard InChI is InChI=1S/C26H26ClN3O2/c1-16(2)25(29(3)4)30-15-22(24-21(26(31)32)6-5-7-23(24)30)19-12-18(13-28-14-19)17-8-10-20(27)11-9-17/h5-16,25H,1-4H3,(H,31,32). The van der Waals surface area contributed by atoms with E-state index in [1.807, 2.05) is 56.6 Å². The summed E-state index contributed by atoms with van der Waals surface area (Å²) >= 11 is 6.04. The van der Waals surface area contributed by atoms with Gasteiger partial charge in [0, 0.05) is 45.7 Å². The number of halogens is 1. The van der Waals surface area contributed by atoms with Gasteiger partial charge in [0.05, 0.1) is 17.2 Å². The first-order valence-electron chi connectivity index (χ1n) is 10.5. The van der Waals surface area contributed by atoms with Crippen molar-refractivity contribution in [1.29, 1.82) is 0 Å². The van der Waals surface area contributed by atoms with Crippen LogP contribution in [0.1, 0.15) is 30.4 Å². The Kier molecular flexibility index (Phi) is 6.04. The average molecular weight is 448 g/mol. The van der Waals surface area contributed by atoms with E-state index in [0.29, 0.717) is 10.9 Å². The van der Waals surface area contributed by atoms with Crippen molar-refractivity contribution < 1.29 is 9.90 Å². The molecule has 6 heteroatoms. The molecule has 1 unspecified atom stereocenters. The lowest BCUT2D eigenvalue weighted by molar-refractivity contribution is 0.0699. The largest absolute Gasteiger partial charge is 0.478 e. The Labute approximate surface area is 192 Å². The van der Waals surface area contributed by atoms with Gasteiger partial charge in [-0.25, -0.2) is 4.79 Å². The zero-order chi connectivity index (χ0) is 23.0. The summed E-state index contributed by atoms with van der Waals surface area (Å²) in [6.45, 7) is 4.33. The van der Waals surface area contributed by atoms with Crippen LogP contribution in [-0.2, 0) is 0 Å². The van der Waals surface area contributed by atoms with E-state index in [9.17, 15) is 9.90 Å². The summed E-state index contributed by atoms with van der Waals surface area (Å²) in [6, 6.07) is 15.1. The third kappa shape index (κ3) is 4.01. The van der Waals surface area contributed by atoms with Crippen LogP contribution in [0, 0.1) is 5.92 Å². The van der Waals surface area contributed by atoms with Crippen LogP contribution in [0.15, 0.2) is 67.1 Å². The monoisotopic (exact) mass is 447 g/mol. The molecule has 0 radical (unpaired) electrons. The third-order valence-electron chi connectivity index (χ3n) is 5.73. The number of carboxylic acids is 1. The second-order valence-electron chi connectivity index (χ2n) is 8.55. The van der Waals surface area contributed by atoms with Crippen LogP contribution in [0.3, 0.4) is 0 Å². The number of carboxylic acid groups (broad SMARTS) is 1. The number of nitrogens with zero attached hydrogens (tertiary/aromatic N) is 3. The topological polar surface area (TPSA) is 58.4 Å². The molecular formula is C26H26ClN3O2. The first-order valence-corrected chi connectivity index (χ1v) is 10.9. The van der Waals surface area contributed by atoms with Gasteiger partial charge < -0.3 is 9.67 Å². The van der Waals surface area contributed by atoms with E-state index in [1.165, 1.54) is 0 Å². The minimum Gasteiger partial charge on any atom is -0.478 e. The predicted molar refractivity (Wildman–Crippen MR) is 130 cm³/mol. The number of rotatable bonds is 6. The highest BCUT2D eigenvalue weighted by Gasteiger charge is 2.24. The number of benzene rings is 2. The molecule has 0 aliphatic rings. The summed E-state index contributed by atoms with van der Waals surface area (Å²) < 4.78 is 2.18. The molecule has 2 aromatic carbocycles. The number of aromatic carboxylic acids is 1. The number of fused-ring (bicyclic) bond motifs is 1. The number of carbonyl (C=O) groups is 1. The van der Waals surface area contributed by atoms with Gasteiger partial charge in [-0.05, 0) is 55.9 Å². The zero-order valence-corrected chi connectivity index (χ0v) is 19.3. The number of pyridine rings is 1. The maximum atomic E-state index is 12.1. The summed E-state index contributed by atoms with van der Waals surface area (Å²) in [5.41, 5.74) is 4.85. The Morgan fingerprint density at radius 2 is 1.72 bits per heavy atom. The van der Waals surface area contributed by atoms with Gasteiger partial charge in [-0.15, -0.1) is 0 Å². The van der Waals surface area contributed by atoms with E-state index >= 15 is 0 Å². The molecule has 4 rings (SSSR count). The zero-order valence-electron chi connectivity index (χ0n) is 18.6. The first-order chi connectivity index (χ1) is 15.3. The normalized spacial score (nSPS) is 12.6. The Morgan fingerprint density at radius 1 is 1.03 bits per heavy atom. The minimum atomic E-state index is -0.942. The highest BCUT2D eigenvalue weighted by atomic mass is 35.5. The number of aromatic nitrogens is 2. The Morgan fingerprint density at radius 3 is 2.34 bits per heavy atom. The van der Waals surface area contributed by atoms with Crippen LogP contribution in [0.2, 0.25) is 5.02 Å². The Hall–Kier alpha value is -3.15. The molecule has 2 aromatic heterocycles. The SMILES string of the molecule is CC(C)C(N(C)C)n1cc(-c2cncc(-c3ccc(Cl)cc3)c2)c2c(C(=O)O)cccc21. The molecule has 0 spiro atoms. The van der Waals surface area contributed by atoms with Crippen LogP contribution in [0.4, 0.5) is 0 Å². The fraction of sp³-hybridized carbons (Fsp3) is 0.231. The van der Waals surface area contributed by atoms with Crippen LogP contribution in [-0.4, -0.2) is 39.6 Å². The highest BCUT2D eigenvalue weighted by molar-refractivity contribution is 6.30. The molecular weight excluding hydrogens is 422 g/mol.